The van der Waals surface area contributed by atoms with Gasteiger partial charge in [-0.2, -0.15) is 0 Å². The van der Waals surface area contributed by atoms with Gasteiger partial charge in [0.25, 0.3) is 11.8 Å². The van der Waals surface area contributed by atoms with Gasteiger partial charge < -0.3 is 20.1 Å². The Morgan fingerprint density at radius 3 is 1.93 bits per heavy atom. The zero-order chi connectivity index (χ0) is 19.2. The molecule has 0 unspecified atom stereocenters. The number of anilines is 2. The third kappa shape index (κ3) is 4.27. The monoisotopic (exact) mass is 382 g/mol. The minimum Gasteiger partial charge on any atom is -0.494 e. The Morgan fingerprint density at radius 1 is 0.815 bits per heavy atom. The summed E-state index contributed by atoms with van der Waals surface area (Å²) in [4.78, 5) is 25.3. The molecule has 0 aliphatic heterocycles. The minimum absolute atomic E-state index is 0.244. The first-order chi connectivity index (χ1) is 13.1. The molecule has 0 aliphatic rings. The number of rotatable bonds is 6. The van der Waals surface area contributed by atoms with E-state index in [-0.39, 0.29) is 11.8 Å². The van der Waals surface area contributed by atoms with Crippen molar-refractivity contribution in [3.8, 4) is 11.5 Å². The van der Waals surface area contributed by atoms with E-state index in [9.17, 15) is 9.59 Å². The SMILES string of the molecule is COc1cc(NC(=O)c2cccs2)c(OC)cc1NC(=O)c1ccccc1. The van der Waals surface area contributed by atoms with Gasteiger partial charge in [0.05, 0.1) is 30.5 Å². The van der Waals surface area contributed by atoms with Crippen LogP contribution in [0.3, 0.4) is 0 Å². The molecule has 0 bridgehead atoms. The predicted octanol–water partition coefficient (Wildman–Crippen LogP) is 4.27. The number of methoxy groups -OCH3 is 2. The lowest BCUT2D eigenvalue weighted by Crippen LogP contribution is -2.14. The number of hydrogen-bond acceptors (Lipinski definition) is 5. The molecule has 0 saturated heterocycles. The molecule has 0 saturated carbocycles. The van der Waals surface area contributed by atoms with E-state index in [1.54, 1.807) is 48.5 Å². The lowest BCUT2D eigenvalue weighted by molar-refractivity contribution is 0.101. The van der Waals surface area contributed by atoms with Gasteiger partial charge >= 0.3 is 0 Å². The van der Waals surface area contributed by atoms with E-state index in [1.807, 2.05) is 11.4 Å². The molecule has 2 aromatic carbocycles. The second kappa shape index (κ2) is 8.37. The van der Waals surface area contributed by atoms with E-state index in [2.05, 4.69) is 10.6 Å². The summed E-state index contributed by atoms with van der Waals surface area (Å²) < 4.78 is 10.7. The van der Waals surface area contributed by atoms with Crippen LogP contribution in [0.15, 0.2) is 60.0 Å². The topological polar surface area (TPSA) is 76.7 Å². The molecule has 3 aromatic rings. The van der Waals surface area contributed by atoms with E-state index < -0.39 is 0 Å². The number of ether oxygens (including phenoxy) is 2. The van der Waals surface area contributed by atoms with Crippen LogP contribution in [0.4, 0.5) is 11.4 Å². The Hall–Kier alpha value is -3.32. The van der Waals surface area contributed by atoms with Crippen LogP contribution in [0.1, 0.15) is 20.0 Å². The van der Waals surface area contributed by atoms with Crippen LogP contribution in [-0.4, -0.2) is 26.0 Å². The molecule has 0 atom stereocenters. The summed E-state index contributed by atoms with van der Waals surface area (Å²) in [6.45, 7) is 0. The minimum atomic E-state index is -0.272. The first-order valence-electron chi connectivity index (χ1n) is 8.09. The highest BCUT2D eigenvalue weighted by molar-refractivity contribution is 7.12. The van der Waals surface area contributed by atoms with E-state index in [0.717, 1.165) is 0 Å². The molecule has 0 fully saturated rings. The summed E-state index contributed by atoms with van der Waals surface area (Å²) in [6, 6.07) is 15.6. The normalized spacial score (nSPS) is 10.1. The predicted molar refractivity (Wildman–Crippen MR) is 106 cm³/mol. The van der Waals surface area contributed by atoms with E-state index >= 15 is 0 Å². The number of thiophene rings is 1. The Labute approximate surface area is 160 Å². The zero-order valence-electron chi connectivity index (χ0n) is 14.8. The molecule has 2 amide bonds. The van der Waals surface area contributed by atoms with Crippen LogP contribution in [-0.2, 0) is 0 Å². The Kier molecular flexibility index (Phi) is 5.73. The maximum atomic E-state index is 12.4. The lowest BCUT2D eigenvalue weighted by Gasteiger charge is -2.16. The lowest BCUT2D eigenvalue weighted by atomic mass is 10.2. The van der Waals surface area contributed by atoms with Crippen molar-refractivity contribution >= 4 is 34.5 Å². The van der Waals surface area contributed by atoms with Gasteiger partial charge in [0.15, 0.2) is 0 Å². The first kappa shape index (κ1) is 18.5. The number of amides is 2. The van der Waals surface area contributed by atoms with Gasteiger partial charge in [-0.05, 0) is 23.6 Å². The summed E-state index contributed by atoms with van der Waals surface area (Å²) in [5, 5.41) is 7.44. The van der Waals surface area contributed by atoms with Gasteiger partial charge in [-0.25, -0.2) is 0 Å². The van der Waals surface area contributed by atoms with Crippen LogP contribution >= 0.6 is 11.3 Å². The highest BCUT2D eigenvalue weighted by Crippen LogP contribution is 2.37. The fourth-order valence-corrected chi connectivity index (χ4v) is 3.09. The van der Waals surface area contributed by atoms with Crippen LogP contribution in [0.25, 0.3) is 0 Å². The molecule has 0 spiro atoms. The van der Waals surface area contributed by atoms with Crippen molar-refractivity contribution in [2.75, 3.05) is 24.9 Å². The molecule has 1 aromatic heterocycles. The van der Waals surface area contributed by atoms with Gasteiger partial charge in [-0.1, -0.05) is 24.3 Å². The summed E-state index contributed by atoms with van der Waals surface area (Å²) in [7, 11) is 2.98. The zero-order valence-corrected chi connectivity index (χ0v) is 15.6. The van der Waals surface area contributed by atoms with Crippen molar-refractivity contribution in [3.05, 3.63) is 70.4 Å². The molecule has 0 radical (unpaired) electrons. The number of nitrogens with one attached hydrogen (secondary N) is 2. The Balaban J connectivity index is 1.87. The van der Waals surface area contributed by atoms with E-state index in [4.69, 9.17) is 9.47 Å². The smallest absolute Gasteiger partial charge is 0.265 e. The van der Waals surface area contributed by atoms with Crippen molar-refractivity contribution in [1.82, 2.24) is 0 Å². The first-order valence-corrected chi connectivity index (χ1v) is 8.97. The van der Waals surface area contributed by atoms with Crippen LogP contribution in [0.5, 0.6) is 11.5 Å². The van der Waals surface area contributed by atoms with Crippen molar-refractivity contribution in [2.45, 2.75) is 0 Å². The van der Waals surface area contributed by atoms with Gasteiger partial charge in [0.1, 0.15) is 11.5 Å². The molecule has 7 heteroatoms. The Morgan fingerprint density at radius 2 is 1.41 bits per heavy atom. The molecule has 2 N–H and O–H groups in total. The van der Waals surface area contributed by atoms with Gasteiger partial charge in [-0.3, -0.25) is 9.59 Å². The molecule has 6 nitrogen and oxygen atoms in total. The molecule has 1 heterocycles. The maximum absolute atomic E-state index is 12.4. The van der Waals surface area contributed by atoms with E-state index in [1.165, 1.54) is 25.6 Å². The third-order valence-corrected chi connectivity index (χ3v) is 4.67. The van der Waals surface area contributed by atoms with Crippen LogP contribution in [0.2, 0.25) is 0 Å². The number of carbonyl (C=O) groups is 2. The van der Waals surface area contributed by atoms with Crippen LogP contribution < -0.4 is 20.1 Å². The van der Waals surface area contributed by atoms with Crippen molar-refractivity contribution in [1.29, 1.82) is 0 Å². The van der Waals surface area contributed by atoms with E-state index in [0.29, 0.717) is 33.3 Å². The molecular weight excluding hydrogens is 364 g/mol. The van der Waals surface area contributed by atoms with Crippen molar-refractivity contribution in [2.24, 2.45) is 0 Å². The molecule has 138 valence electrons. The van der Waals surface area contributed by atoms with Crippen molar-refractivity contribution in [3.63, 3.8) is 0 Å². The van der Waals surface area contributed by atoms with Gasteiger partial charge in [-0.15, -0.1) is 11.3 Å². The highest BCUT2D eigenvalue weighted by Gasteiger charge is 2.17. The standard InChI is InChI=1S/C20H18N2O4S/c1-25-16-12-15(22-20(24)18-9-6-10-27-18)17(26-2)11-14(16)21-19(23)13-7-4-3-5-8-13/h3-12H,1-2H3,(H,21,23)(H,22,24). The average Bonchev–Trinajstić information content (AvgIpc) is 3.24. The number of carbonyl (C=O) groups excluding carboxylic acids is 2. The molecule has 0 aliphatic carbocycles. The second-order valence-corrected chi connectivity index (χ2v) is 6.45. The fourth-order valence-electron chi connectivity index (χ4n) is 2.47. The molecule has 27 heavy (non-hydrogen) atoms. The number of benzene rings is 2. The number of hydrogen-bond donors (Lipinski definition) is 2. The van der Waals surface area contributed by atoms with Gasteiger partial charge in [0, 0.05) is 17.7 Å². The van der Waals surface area contributed by atoms with Crippen LogP contribution in [0, 0.1) is 0 Å². The van der Waals surface area contributed by atoms with Crippen molar-refractivity contribution < 1.29 is 19.1 Å². The summed E-state index contributed by atoms with van der Waals surface area (Å²) in [6.07, 6.45) is 0. The quantitative estimate of drug-likeness (QED) is 0.667. The average molecular weight is 382 g/mol. The third-order valence-electron chi connectivity index (χ3n) is 3.80. The summed E-state index contributed by atoms with van der Waals surface area (Å²) in [5.74, 6) is 0.295. The largest absolute Gasteiger partial charge is 0.494 e. The summed E-state index contributed by atoms with van der Waals surface area (Å²) >= 11 is 1.34. The molecule has 3 rings (SSSR count). The highest BCUT2D eigenvalue weighted by atomic mass is 32.1. The fraction of sp³-hybridized carbons (Fsp3) is 0.100. The Bertz CT molecular complexity index is 940. The maximum Gasteiger partial charge on any atom is 0.265 e. The van der Waals surface area contributed by atoms with Gasteiger partial charge in [0.2, 0.25) is 0 Å². The molecular formula is C20H18N2O4S. The second-order valence-electron chi connectivity index (χ2n) is 5.50. The summed E-state index contributed by atoms with van der Waals surface area (Å²) in [5.41, 5.74) is 1.41.